The van der Waals surface area contributed by atoms with Crippen molar-refractivity contribution >= 4 is 17.4 Å². The first-order valence-corrected chi connectivity index (χ1v) is 6.50. The van der Waals surface area contributed by atoms with Crippen molar-refractivity contribution in [2.75, 3.05) is 0 Å². The van der Waals surface area contributed by atoms with Crippen LogP contribution in [0.1, 0.15) is 17.0 Å². The van der Waals surface area contributed by atoms with Crippen LogP contribution in [0.5, 0.6) is 0 Å². The van der Waals surface area contributed by atoms with E-state index in [0.717, 1.165) is 23.1 Å². The van der Waals surface area contributed by atoms with Gasteiger partial charge < -0.3 is 0 Å². The third-order valence-corrected chi connectivity index (χ3v) is 3.38. The summed E-state index contributed by atoms with van der Waals surface area (Å²) in [5, 5.41) is 20.3. The second kappa shape index (κ2) is 5.67. The molecule has 7 heteroatoms. The lowest BCUT2D eigenvalue weighted by atomic mass is 10.2. The molecule has 0 aliphatic carbocycles. The Labute approximate surface area is 119 Å². The highest BCUT2D eigenvalue weighted by atomic mass is 32.2. The Hall–Kier alpha value is -2.46. The molecule has 0 unspecified atom stereocenters. The van der Waals surface area contributed by atoms with Crippen LogP contribution in [0.15, 0.2) is 34.3 Å². The van der Waals surface area contributed by atoms with Crippen LogP contribution in [0.2, 0.25) is 0 Å². The Bertz CT molecular complexity index is 705. The molecule has 0 bridgehead atoms. The first kappa shape index (κ1) is 14.0. The first-order valence-electron chi connectivity index (χ1n) is 5.68. The van der Waals surface area contributed by atoms with Gasteiger partial charge in [-0.15, -0.1) is 0 Å². The molecule has 0 saturated heterocycles. The molecule has 2 aromatic rings. The third kappa shape index (κ3) is 3.10. The van der Waals surface area contributed by atoms with E-state index >= 15 is 0 Å². The van der Waals surface area contributed by atoms with Crippen molar-refractivity contribution in [1.82, 2.24) is 9.97 Å². The summed E-state index contributed by atoms with van der Waals surface area (Å²) in [5.74, 6) is 0. The van der Waals surface area contributed by atoms with E-state index in [9.17, 15) is 10.1 Å². The number of rotatable bonds is 3. The van der Waals surface area contributed by atoms with Gasteiger partial charge in [0, 0.05) is 17.5 Å². The van der Waals surface area contributed by atoms with E-state index in [2.05, 4.69) is 9.97 Å². The number of nitrogens with zero attached hydrogens (tertiary/aromatic N) is 4. The average molecular weight is 286 g/mol. The van der Waals surface area contributed by atoms with E-state index in [0.29, 0.717) is 10.1 Å². The summed E-state index contributed by atoms with van der Waals surface area (Å²) in [5.41, 5.74) is 1.74. The van der Waals surface area contributed by atoms with E-state index in [1.165, 1.54) is 12.1 Å². The predicted molar refractivity (Wildman–Crippen MR) is 73.4 cm³/mol. The lowest BCUT2D eigenvalue weighted by Gasteiger charge is -2.04. The van der Waals surface area contributed by atoms with Gasteiger partial charge in [0.2, 0.25) is 0 Å². The zero-order chi connectivity index (χ0) is 14.7. The molecular formula is C13H10N4O2S. The fourth-order valence-corrected chi connectivity index (χ4v) is 2.60. The van der Waals surface area contributed by atoms with E-state index < -0.39 is 4.92 Å². The number of aromatic nitrogens is 2. The molecule has 2 rings (SSSR count). The van der Waals surface area contributed by atoms with Crippen LogP contribution < -0.4 is 0 Å². The standard InChI is InChI=1S/C13H10N4O2S/c1-8-5-9(2)16-13(15-8)20-12-4-3-10(7-14)6-11(12)17(18)19/h3-6H,1-2H3. The second-order valence-electron chi connectivity index (χ2n) is 4.09. The highest BCUT2D eigenvalue weighted by Crippen LogP contribution is 2.33. The van der Waals surface area contributed by atoms with Crippen LogP contribution in [0.3, 0.4) is 0 Å². The molecule has 0 atom stereocenters. The van der Waals surface area contributed by atoms with Crippen molar-refractivity contribution in [3.8, 4) is 6.07 Å². The van der Waals surface area contributed by atoms with Gasteiger partial charge in [-0.1, -0.05) is 0 Å². The van der Waals surface area contributed by atoms with Crippen molar-refractivity contribution in [2.24, 2.45) is 0 Å². The van der Waals surface area contributed by atoms with Crippen LogP contribution in [0.25, 0.3) is 0 Å². The van der Waals surface area contributed by atoms with Crippen molar-refractivity contribution in [2.45, 2.75) is 23.9 Å². The Balaban J connectivity index is 2.43. The van der Waals surface area contributed by atoms with E-state index in [4.69, 9.17) is 5.26 Å². The van der Waals surface area contributed by atoms with E-state index in [1.807, 2.05) is 26.0 Å². The summed E-state index contributed by atoms with van der Waals surface area (Å²) < 4.78 is 0. The highest BCUT2D eigenvalue weighted by Gasteiger charge is 2.17. The van der Waals surface area contributed by atoms with Gasteiger partial charge in [-0.05, 0) is 43.8 Å². The van der Waals surface area contributed by atoms with Crippen LogP contribution in [0.4, 0.5) is 5.69 Å². The van der Waals surface area contributed by atoms with Gasteiger partial charge in [-0.3, -0.25) is 10.1 Å². The minimum Gasteiger partial charge on any atom is -0.258 e. The Morgan fingerprint density at radius 1 is 1.25 bits per heavy atom. The van der Waals surface area contributed by atoms with Gasteiger partial charge in [0.05, 0.1) is 21.5 Å². The molecule has 0 radical (unpaired) electrons. The van der Waals surface area contributed by atoms with Crippen molar-refractivity contribution in [3.05, 3.63) is 51.3 Å². The van der Waals surface area contributed by atoms with Crippen LogP contribution >= 0.6 is 11.8 Å². The number of nitro groups is 1. The number of hydrogen-bond donors (Lipinski definition) is 0. The molecule has 0 aliphatic rings. The summed E-state index contributed by atoms with van der Waals surface area (Å²) in [6.07, 6.45) is 0. The maximum absolute atomic E-state index is 11.1. The number of hydrogen-bond acceptors (Lipinski definition) is 6. The monoisotopic (exact) mass is 286 g/mol. The zero-order valence-corrected chi connectivity index (χ0v) is 11.6. The lowest BCUT2D eigenvalue weighted by Crippen LogP contribution is -1.95. The molecule has 0 aliphatic heterocycles. The molecule has 1 heterocycles. The van der Waals surface area contributed by atoms with Gasteiger partial charge in [0.1, 0.15) is 0 Å². The predicted octanol–water partition coefficient (Wildman–Crippen LogP) is 3.02. The molecule has 1 aromatic heterocycles. The van der Waals surface area contributed by atoms with Crippen LogP contribution in [-0.2, 0) is 0 Å². The normalized spacial score (nSPS) is 10.1. The summed E-state index contributed by atoms with van der Waals surface area (Å²) in [6.45, 7) is 3.68. The fourth-order valence-electron chi connectivity index (χ4n) is 1.65. The number of nitriles is 1. The molecule has 0 saturated carbocycles. The summed E-state index contributed by atoms with van der Waals surface area (Å²) >= 11 is 1.12. The summed E-state index contributed by atoms with van der Waals surface area (Å²) in [4.78, 5) is 19.4. The molecule has 0 N–H and O–H groups in total. The number of benzene rings is 1. The molecule has 0 fully saturated rings. The van der Waals surface area contributed by atoms with Crippen LogP contribution in [-0.4, -0.2) is 14.9 Å². The maximum Gasteiger partial charge on any atom is 0.284 e. The SMILES string of the molecule is Cc1cc(C)nc(Sc2ccc(C#N)cc2[N+](=O)[O-])n1. The smallest absolute Gasteiger partial charge is 0.258 e. The molecular weight excluding hydrogens is 276 g/mol. The number of nitro benzene ring substituents is 1. The van der Waals surface area contributed by atoms with Crippen molar-refractivity contribution in [1.29, 1.82) is 5.26 Å². The molecule has 0 amide bonds. The molecule has 0 spiro atoms. The Morgan fingerprint density at radius 3 is 2.45 bits per heavy atom. The van der Waals surface area contributed by atoms with Crippen molar-refractivity contribution in [3.63, 3.8) is 0 Å². The topological polar surface area (TPSA) is 92.7 Å². The quantitative estimate of drug-likeness (QED) is 0.489. The van der Waals surface area contributed by atoms with E-state index in [-0.39, 0.29) is 11.3 Å². The van der Waals surface area contributed by atoms with Gasteiger partial charge >= 0.3 is 0 Å². The number of aryl methyl sites for hydroxylation is 2. The maximum atomic E-state index is 11.1. The average Bonchev–Trinajstić information content (AvgIpc) is 2.37. The summed E-state index contributed by atoms with van der Waals surface area (Å²) in [6, 6.07) is 8.06. The van der Waals surface area contributed by atoms with Crippen LogP contribution in [0, 0.1) is 35.3 Å². The molecule has 6 nitrogen and oxygen atoms in total. The van der Waals surface area contributed by atoms with Gasteiger partial charge in [0.15, 0.2) is 5.16 Å². The fraction of sp³-hybridized carbons (Fsp3) is 0.154. The third-order valence-electron chi connectivity index (χ3n) is 2.45. The Kier molecular flexibility index (Phi) is 3.96. The minimum absolute atomic E-state index is 0.114. The summed E-state index contributed by atoms with van der Waals surface area (Å²) in [7, 11) is 0. The lowest BCUT2D eigenvalue weighted by molar-refractivity contribution is -0.387. The first-order chi connectivity index (χ1) is 9.49. The van der Waals surface area contributed by atoms with Crippen molar-refractivity contribution < 1.29 is 4.92 Å². The van der Waals surface area contributed by atoms with Gasteiger partial charge in [-0.2, -0.15) is 5.26 Å². The molecule has 100 valence electrons. The molecule has 1 aromatic carbocycles. The van der Waals surface area contributed by atoms with Gasteiger partial charge in [-0.25, -0.2) is 9.97 Å². The largest absolute Gasteiger partial charge is 0.284 e. The zero-order valence-electron chi connectivity index (χ0n) is 10.8. The van der Waals surface area contributed by atoms with Gasteiger partial charge in [0.25, 0.3) is 5.69 Å². The second-order valence-corrected chi connectivity index (χ2v) is 5.10. The van der Waals surface area contributed by atoms with E-state index in [1.54, 1.807) is 6.07 Å². The molecule has 20 heavy (non-hydrogen) atoms. The minimum atomic E-state index is -0.508. The Morgan fingerprint density at radius 2 is 1.90 bits per heavy atom. The highest BCUT2D eigenvalue weighted by molar-refractivity contribution is 7.99.